The molecule has 1 heterocycles. The first-order valence-electron chi connectivity index (χ1n) is 10.1. The van der Waals surface area contributed by atoms with Gasteiger partial charge in [0.2, 0.25) is 5.91 Å². The zero-order valence-electron chi connectivity index (χ0n) is 17.8. The van der Waals surface area contributed by atoms with Crippen LogP contribution in [0.25, 0.3) is 5.69 Å². The number of para-hydroxylation sites is 1. The lowest BCUT2D eigenvalue weighted by Gasteiger charge is -2.12. The van der Waals surface area contributed by atoms with Crippen molar-refractivity contribution >= 4 is 40.6 Å². The Labute approximate surface area is 199 Å². The van der Waals surface area contributed by atoms with E-state index in [1.807, 2.05) is 30.3 Å². The molecule has 0 unspecified atom stereocenters. The number of nitro benzene ring substituents is 1. The normalized spacial score (nSPS) is 10.6. The van der Waals surface area contributed by atoms with E-state index in [0.717, 1.165) is 0 Å². The molecule has 0 aliphatic rings. The summed E-state index contributed by atoms with van der Waals surface area (Å²) in [4.78, 5) is 39.5. The number of aryl methyl sites for hydroxylation is 1. The van der Waals surface area contributed by atoms with Crippen molar-refractivity contribution < 1.29 is 9.72 Å². The molecule has 9 nitrogen and oxygen atoms in total. The smallest absolute Gasteiger partial charge is 0.271 e. The number of non-ortho nitro benzene ring substituents is 1. The number of rotatable bonds is 10. The highest BCUT2D eigenvalue weighted by atomic mass is 35.5. The van der Waals surface area contributed by atoms with Crippen molar-refractivity contribution in [1.29, 1.82) is 0 Å². The second kappa shape index (κ2) is 11.5. The molecule has 3 rings (SSSR count). The van der Waals surface area contributed by atoms with E-state index in [4.69, 9.17) is 11.6 Å². The molecule has 1 aromatic heterocycles. The van der Waals surface area contributed by atoms with Gasteiger partial charge in [0.05, 0.1) is 27.1 Å². The lowest BCUT2D eigenvalue weighted by molar-refractivity contribution is -0.384. The number of benzene rings is 2. The maximum atomic E-state index is 12.5. The molecule has 0 aliphatic heterocycles. The van der Waals surface area contributed by atoms with Crippen molar-refractivity contribution in [2.24, 2.45) is 0 Å². The molecule has 2 aromatic carbocycles. The van der Waals surface area contributed by atoms with Gasteiger partial charge in [0.15, 0.2) is 5.16 Å². The molecule has 0 spiro atoms. The summed E-state index contributed by atoms with van der Waals surface area (Å²) in [5.74, 6) is -0.0617. The van der Waals surface area contributed by atoms with Gasteiger partial charge in [0.25, 0.3) is 11.2 Å². The van der Waals surface area contributed by atoms with Crippen molar-refractivity contribution in [3.63, 3.8) is 0 Å². The average Bonchev–Trinajstić information content (AvgIpc) is 2.78. The lowest BCUT2D eigenvalue weighted by Crippen LogP contribution is -2.28. The summed E-state index contributed by atoms with van der Waals surface area (Å²) < 4.78 is 1.49. The van der Waals surface area contributed by atoms with Crippen LogP contribution in [0.15, 0.2) is 64.5 Å². The maximum absolute atomic E-state index is 12.5. The third-order valence-corrected chi connectivity index (χ3v) is 5.77. The van der Waals surface area contributed by atoms with E-state index in [-0.39, 0.29) is 27.9 Å². The minimum atomic E-state index is -0.505. The van der Waals surface area contributed by atoms with Gasteiger partial charge in [-0.3, -0.25) is 24.3 Å². The Morgan fingerprint density at radius 1 is 1.18 bits per heavy atom. The molecule has 0 saturated heterocycles. The van der Waals surface area contributed by atoms with Gasteiger partial charge in [-0.25, -0.2) is 4.98 Å². The third-order valence-electron chi connectivity index (χ3n) is 4.52. The van der Waals surface area contributed by atoms with Gasteiger partial charge < -0.3 is 10.6 Å². The number of aromatic nitrogens is 2. The summed E-state index contributed by atoms with van der Waals surface area (Å²) in [6, 6.07) is 14.8. The van der Waals surface area contributed by atoms with Gasteiger partial charge in [-0.1, -0.05) is 41.6 Å². The topological polar surface area (TPSA) is 119 Å². The first kappa shape index (κ1) is 24.3. The summed E-state index contributed by atoms with van der Waals surface area (Å²) >= 11 is 7.24. The number of hydrogen-bond acceptors (Lipinski definition) is 7. The van der Waals surface area contributed by atoms with E-state index in [0.29, 0.717) is 41.7 Å². The van der Waals surface area contributed by atoms with Gasteiger partial charge >= 0.3 is 0 Å². The van der Waals surface area contributed by atoms with Crippen LogP contribution in [0, 0.1) is 17.0 Å². The zero-order chi connectivity index (χ0) is 23.8. The van der Waals surface area contributed by atoms with Gasteiger partial charge in [-0.2, -0.15) is 0 Å². The van der Waals surface area contributed by atoms with Gasteiger partial charge in [0, 0.05) is 37.0 Å². The number of nitrogens with zero attached hydrogens (tertiary/aromatic N) is 3. The number of halogens is 1. The lowest BCUT2D eigenvalue weighted by atomic mass is 10.2. The maximum Gasteiger partial charge on any atom is 0.271 e. The van der Waals surface area contributed by atoms with Crippen LogP contribution >= 0.6 is 23.4 Å². The van der Waals surface area contributed by atoms with E-state index in [1.165, 1.54) is 34.5 Å². The number of carbonyl (C=O) groups excluding carboxylic acids is 1. The van der Waals surface area contributed by atoms with Crippen LogP contribution in [0.4, 0.5) is 11.4 Å². The predicted molar refractivity (Wildman–Crippen MR) is 130 cm³/mol. The second-order valence-corrected chi connectivity index (χ2v) is 8.38. The summed E-state index contributed by atoms with van der Waals surface area (Å²) in [5, 5.41) is 17.4. The van der Waals surface area contributed by atoms with Crippen LogP contribution in [0.2, 0.25) is 5.02 Å². The molecule has 1 amide bonds. The minimum Gasteiger partial charge on any atom is -0.384 e. The first-order valence-corrected chi connectivity index (χ1v) is 11.4. The molecule has 33 heavy (non-hydrogen) atoms. The minimum absolute atomic E-state index is 0.0731. The molecular weight excluding hydrogens is 466 g/mol. The molecule has 0 bridgehead atoms. The fourth-order valence-corrected chi connectivity index (χ4v) is 4.10. The molecule has 0 radical (unpaired) electrons. The van der Waals surface area contributed by atoms with Gasteiger partial charge in [0.1, 0.15) is 0 Å². The quantitative estimate of drug-likeness (QED) is 0.147. The highest BCUT2D eigenvalue weighted by Gasteiger charge is 2.12. The average molecular weight is 488 g/mol. The van der Waals surface area contributed by atoms with Gasteiger partial charge in [-0.05, 0) is 31.5 Å². The zero-order valence-corrected chi connectivity index (χ0v) is 19.4. The van der Waals surface area contributed by atoms with E-state index < -0.39 is 4.92 Å². The van der Waals surface area contributed by atoms with Crippen molar-refractivity contribution in [2.45, 2.75) is 18.5 Å². The Morgan fingerprint density at radius 2 is 1.94 bits per heavy atom. The predicted octanol–water partition coefficient (Wildman–Crippen LogP) is 3.81. The number of hydrogen-bond donors (Lipinski definition) is 2. The Hall–Kier alpha value is -3.37. The highest BCUT2D eigenvalue weighted by molar-refractivity contribution is 7.99. The molecule has 0 atom stereocenters. The number of carbonyl (C=O) groups is 1. The van der Waals surface area contributed by atoms with E-state index in [2.05, 4.69) is 15.6 Å². The number of amides is 1. The Balaban J connectivity index is 1.48. The molecule has 0 saturated carbocycles. The fraction of sp³-hybridized carbons (Fsp3) is 0.227. The molecule has 172 valence electrons. The van der Waals surface area contributed by atoms with Crippen molar-refractivity contribution in [3.05, 3.63) is 85.8 Å². The highest BCUT2D eigenvalue weighted by Crippen LogP contribution is 2.26. The number of anilines is 1. The summed E-state index contributed by atoms with van der Waals surface area (Å²) in [6.45, 7) is 2.70. The molecule has 0 fully saturated rings. The Kier molecular flexibility index (Phi) is 8.45. The molecule has 0 aliphatic carbocycles. The molecule has 3 aromatic rings. The standard InChI is InChI=1S/C22H22ClN5O4S/c1-15-12-21(30)27(16-6-3-2-4-7-16)22(26-15)33-14-20(29)25-11-5-10-24-19-9-8-17(28(31)32)13-18(19)23/h2-4,6-9,12-13,24H,5,10-11,14H2,1H3,(H,25,29). The van der Waals surface area contributed by atoms with Crippen molar-refractivity contribution in [1.82, 2.24) is 14.9 Å². The first-order chi connectivity index (χ1) is 15.8. The van der Waals surface area contributed by atoms with Crippen LogP contribution in [0.1, 0.15) is 12.1 Å². The second-order valence-electron chi connectivity index (χ2n) is 7.03. The Morgan fingerprint density at radius 3 is 2.64 bits per heavy atom. The third kappa shape index (κ3) is 6.80. The summed E-state index contributed by atoms with van der Waals surface area (Å²) in [5.41, 5.74) is 1.59. The largest absolute Gasteiger partial charge is 0.384 e. The SMILES string of the molecule is Cc1cc(=O)n(-c2ccccc2)c(SCC(=O)NCCCNc2ccc([N+](=O)[O-])cc2Cl)n1. The van der Waals surface area contributed by atoms with E-state index >= 15 is 0 Å². The fourth-order valence-electron chi connectivity index (χ4n) is 2.96. The number of thioether (sulfide) groups is 1. The van der Waals surface area contributed by atoms with Crippen LogP contribution < -0.4 is 16.2 Å². The summed E-state index contributed by atoms with van der Waals surface area (Å²) in [6.07, 6.45) is 0.626. The van der Waals surface area contributed by atoms with E-state index in [1.54, 1.807) is 13.0 Å². The molecule has 2 N–H and O–H groups in total. The molecular formula is C22H22ClN5O4S. The van der Waals surface area contributed by atoms with Gasteiger partial charge in [-0.15, -0.1) is 0 Å². The number of nitro groups is 1. The van der Waals surface area contributed by atoms with Crippen LogP contribution in [0.5, 0.6) is 0 Å². The van der Waals surface area contributed by atoms with E-state index in [9.17, 15) is 19.7 Å². The molecule has 11 heteroatoms. The van der Waals surface area contributed by atoms with Crippen molar-refractivity contribution in [3.8, 4) is 5.69 Å². The number of nitrogens with one attached hydrogen (secondary N) is 2. The monoisotopic (exact) mass is 487 g/mol. The van der Waals surface area contributed by atoms with Crippen molar-refractivity contribution in [2.75, 3.05) is 24.2 Å². The van der Waals surface area contributed by atoms with Crippen LogP contribution in [-0.2, 0) is 4.79 Å². The van der Waals surface area contributed by atoms with Crippen LogP contribution in [-0.4, -0.2) is 39.2 Å². The Bertz CT molecular complexity index is 1200. The van der Waals surface area contributed by atoms with Crippen LogP contribution in [0.3, 0.4) is 0 Å². The summed E-state index contributed by atoms with van der Waals surface area (Å²) in [7, 11) is 0.